The third kappa shape index (κ3) is 2.48. The maximum Gasteiger partial charge on any atom is 0.274 e. The molecular weight excluding hydrogens is 304 g/mol. The van der Waals surface area contributed by atoms with Crippen LogP contribution >= 0.6 is 0 Å². The lowest BCUT2D eigenvalue weighted by molar-refractivity contribution is 0.0752. The highest BCUT2D eigenvalue weighted by Gasteiger charge is 2.50. The first-order valence-corrected chi connectivity index (χ1v) is 8.59. The summed E-state index contributed by atoms with van der Waals surface area (Å²) in [5, 5.41) is 8.42. The van der Waals surface area contributed by atoms with Crippen LogP contribution in [0.5, 0.6) is 0 Å². The van der Waals surface area contributed by atoms with Crippen molar-refractivity contribution in [3.05, 3.63) is 36.4 Å². The fraction of sp³-hybridized carbons (Fsp3) is 0.588. The molecule has 1 unspecified atom stereocenters. The number of nitrogens with zero attached hydrogens (tertiary/aromatic N) is 6. The zero-order chi connectivity index (χ0) is 16.6. The lowest BCUT2D eigenvalue weighted by Gasteiger charge is -2.37. The van der Waals surface area contributed by atoms with E-state index < -0.39 is 0 Å². The second kappa shape index (κ2) is 5.96. The summed E-state index contributed by atoms with van der Waals surface area (Å²) in [6.07, 6.45) is 12.5. The van der Waals surface area contributed by atoms with Crippen LogP contribution < -0.4 is 0 Å². The van der Waals surface area contributed by atoms with Crippen LogP contribution in [0.1, 0.15) is 54.3 Å². The molecule has 2 aromatic rings. The Morgan fingerprint density at radius 2 is 2.08 bits per heavy atom. The van der Waals surface area contributed by atoms with Crippen molar-refractivity contribution >= 4 is 5.91 Å². The molecule has 1 amide bonds. The van der Waals surface area contributed by atoms with Crippen LogP contribution in [0.4, 0.5) is 0 Å². The molecular formula is C17H22N6O. The number of likely N-dealkylation sites (tertiary alicyclic amines) is 1. The highest BCUT2D eigenvalue weighted by Crippen LogP contribution is 2.51. The van der Waals surface area contributed by atoms with E-state index in [4.69, 9.17) is 0 Å². The molecule has 1 aliphatic carbocycles. The van der Waals surface area contributed by atoms with Crippen LogP contribution in [-0.4, -0.2) is 48.6 Å². The zero-order valence-corrected chi connectivity index (χ0v) is 13.9. The molecule has 1 aliphatic heterocycles. The zero-order valence-electron chi connectivity index (χ0n) is 13.9. The lowest BCUT2D eigenvalue weighted by Crippen LogP contribution is -2.34. The van der Waals surface area contributed by atoms with Crippen LogP contribution in [0, 0.1) is 5.41 Å². The average molecular weight is 326 g/mol. The molecule has 0 N–H and O–H groups in total. The maximum absolute atomic E-state index is 12.9. The van der Waals surface area contributed by atoms with Gasteiger partial charge in [-0.25, -0.2) is 4.98 Å². The molecule has 1 saturated heterocycles. The Labute approximate surface area is 141 Å². The summed E-state index contributed by atoms with van der Waals surface area (Å²) in [5.74, 6) is 1.20. The van der Waals surface area contributed by atoms with Crippen LogP contribution in [0.15, 0.2) is 24.9 Å². The molecule has 2 aliphatic rings. The Kier molecular flexibility index (Phi) is 3.78. The molecule has 0 bridgehead atoms. The van der Waals surface area contributed by atoms with Gasteiger partial charge in [0, 0.05) is 38.4 Å². The van der Waals surface area contributed by atoms with E-state index in [2.05, 4.69) is 20.2 Å². The molecule has 0 radical (unpaired) electrons. The normalized spacial score (nSPS) is 22.9. The van der Waals surface area contributed by atoms with Crippen molar-refractivity contribution in [1.29, 1.82) is 0 Å². The number of hydrogen-bond acceptors (Lipinski definition) is 5. The number of amides is 1. The van der Waals surface area contributed by atoms with Crippen LogP contribution in [-0.2, 0) is 7.05 Å². The Bertz CT molecular complexity index is 722. The van der Waals surface area contributed by atoms with Gasteiger partial charge in [-0.2, -0.15) is 0 Å². The predicted octanol–water partition coefficient (Wildman–Crippen LogP) is 1.80. The van der Waals surface area contributed by atoms with E-state index in [1.54, 1.807) is 24.9 Å². The smallest absolute Gasteiger partial charge is 0.274 e. The monoisotopic (exact) mass is 326 g/mol. The molecule has 3 heterocycles. The quantitative estimate of drug-likeness (QED) is 0.841. The molecule has 1 atom stereocenters. The van der Waals surface area contributed by atoms with E-state index in [9.17, 15) is 4.79 Å². The molecule has 24 heavy (non-hydrogen) atoms. The summed E-state index contributed by atoms with van der Waals surface area (Å²) in [5.41, 5.74) is 0.541. The standard InChI is InChI=1S/C17H22N6O/c1-22-12-20-21-15(22)13-10-23(11-17(13)5-3-2-4-6-17)16(24)14-9-18-7-8-19-14/h7-9,12-13H,2-6,10-11H2,1H3. The molecule has 7 heteroatoms. The number of carbonyl (C=O) groups excluding carboxylic acids is 1. The van der Waals surface area contributed by atoms with Crippen molar-refractivity contribution in [3.8, 4) is 0 Å². The van der Waals surface area contributed by atoms with Gasteiger partial charge in [-0.1, -0.05) is 19.3 Å². The van der Waals surface area contributed by atoms with Crippen molar-refractivity contribution in [2.24, 2.45) is 12.5 Å². The van der Waals surface area contributed by atoms with Gasteiger partial charge in [0.1, 0.15) is 17.8 Å². The third-order valence-corrected chi connectivity index (χ3v) is 5.62. The van der Waals surface area contributed by atoms with Gasteiger partial charge in [0.2, 0.25) is 0 Å². The first-order valence-electron chi connectivity index (χ1n) is 8.59. The van der Waals surface area contributed by atoms with Crippen molar-refractivity contribution in [2.45, 2.75) is 38.0 Å². The van der Waals surface area contributed by atoms with Gasteiger partial charge in [-0.15, -0.1) is 10.2 Å². The minimum atomic E-state index is -0.0299. The summed E-state index contributed by atoms with van der Waals surface area (Å²) in [6, 6.07) is 0. The van der Waals surface area contributed by atoms with Gasteiger partial charge in [-0.05, 0) is 18.3 Å². The van der Waals surface area contributed by atoms with E-state index in [-0.39, 0.29) is 17.2 Å². The van der Waals surface area contributed by atoms with Crippen LogP contribution in [0.3, 0.4) is 0 Å². The Morgan fingerprint density at radius 3 is 2.75 bits per heavy atom. The van der Waals surface area contributed by atoms with Gasteiger partial charge in [0.25, 0.3) is 5.91 Å². The second-order valence-electron chi connectivity index (χ2n) is 7.05. The highest BCUT2D eigenvalue weighted by atomic mass is 16.2. The number of carbonyl (C=O) groups is 1. The maximum atomic E-state index is 12.9. The van der Waals surface area contributed by atoms with E-state index >= 15 is 0 Å². The SMILES string of the molecule is Cn1cnnc1C1CN(C(=O)c2cnccn2)CC12CCCCC2. The fourth-order valence-electron chi connectivity index (χ4n) is 4.42. The molecule has 4 rings (SSSR count). The van der Waals surface area contributed by atoms with Crippen LogP contribution in [0.25, 0.3) is 0 Å². The molecule has 2 aromatic heterocycles. The Morgan fingerprint density at radius 1 is 1.25 bits per heavy atom. The molecule has 126 valence electrons. The molecule has 2 fully saturated rings. The number of rotatable bonds is 2. The highest BCUT2D eigenvalue weighted by molar-refractivity contribution is 5.92. The molecule has 1 saturated carbocycles. The van der Waals surface area contributed by atoms with Crippen molar-refractivity contribution < 1.29 is 4.79 Å². The van der Waals surface area contributed by atoms with Gasteiger partial charge in [-0.3, -0.25) is 9.78 Å². The molecule has 0 aromatic carbocycles. The van der Waals surface area contributed by atoms with Crippen LogP contribution in [0.2, 0.25) is 0 Å². The molecule has 7 nitrogen and oxygen atoms in total. The fourth-order valence-corrected chi connectivity index (χ4v) is 4.42. The Hall–Kier alpha value is -2.31. The summed E-state index contributed by atoms with van der Waals surface area (Å²) in [7, 11) is 1.99. The number of hydrogen-bond donors (Lipinski definition) is 0. The minimum absolute atomic E-state index is 0.0299. The topological polar surface area (TPSA) is 76.8 Å². The van der Waals surface area contributed by atoms with E-state index in [1.165, 1.54) is 19.3 Å². The summed E-state index contributed by atoms with van der Waals surface area (Å²) >= 11 is 0. The summed E-state index contributed by atoms with van der Waals surface area (Å²) in [6.45, 7) is 1.46. The molecule has 1 spiro atoms. The van der Waals surface area contributed by atoms with Gasteiger partial charge in [0.15, 0.2) is 0 Å². The Balaban J connectivity index is 1.66. The lowest BCUT2D eigenvalue weighted by atomic mass is 9.67. The van der Waals surface area contributed by atoms with Gasteiger partial charge in [0.05, 0.1) is 6.20 Å². The van der Waals surface area contributed by atoms with Crippen molar-refractivity contribution in [2.75, 3.05) is 13.1 Å². The largest absolute Gasteiger partial charge is 0.336 e. The van der Waals surface area contributed by atoms with E-state index in [0.29, 0.717) is 12.2 Å². The number of aromatic nitrogens is 5. The van der Waals surface area contributed by atoms with Gasteiger partial charge < -0.3 is 9.47 Å². The first-order chi connectivity index (χ1) is 11.7. The van der Waals surface area contributed by atoms with E-state index in [1.807, 2.05) is 16.5 Å². The van der Waals surface area contributed by atoms with Crippen molar-refractivity contribution in [3.63, 3.8) is 0 Å². The minimum Gasteiger partial charge on any atom is -0.336 e. The number of aryl methyl sites for hydroxylation is 1. The third-order valence-electron chi connectivity index (χ3n) is 5.62. The second-order valence-corrected chi connectivity index (χ2v) is 7.05. The average Bonchev–Trinajstić information content (AvgIpc) is 3.19. The summed E-state index contributed by atoms with van der Waals surface area (Å²) < 4.78 is 2.00. The predicted molar refractivity (Wildman–Crippen MR) is 87.2 cm³/mol. The summed E-state index contributed by atoms with van der Waals surface area (Å²) in [4.78, 5) is 23.0. The first kappa shape index (κ1) is 15.2. The van der Waals surface area contributed by atoms with E-state index in [0.717, 1.165) is 25.2 Å². The van der Waals surface area contributed by atoms with Gasteiger partial charge >= 0.3 is 0 Å². The van der Waals surface area contributed by atoms with Crippen molar-refractivity contribution in [1.82, 2.24) is 29.6 Å².